The van der Waals surface area contributed by atoms with Crippen molar-refractivity contribution in [1.82, 2.24) is 4.90 Å². The van der Waals surface area contributed by atoms with E-state index in [1.54, 1.807) is 16.7 Å². The normalized spacial score (nSPS) is 15.3. The molecular weight excluding hydrogens is 210 g/mol. The quantitative estimate of drug-likeness (QED) is 0.770. The molecule has 0 spiro atoms. The van der Waals surface area contributed by atoms with Gasteiger partial charge in [0, 0.05) is 12.3 Å². The maximum atomic E-state index is 11.5. The van der Waals surface area contributed by atoms with Crippen LogP contribution in [0.1, 0.15) is 5.56 Å². The highest BCUT2D eigenvalue weighted by atomic mass is 32.2. The van der Waals surface area contributed by atoms with Gasteiger partial charge in [0.25, 0.3) is 0 Å². The SMILES string of the molecule is O=C(OCc1ccccc1)N1CCSC1. The first-order valence-corrected chi connectivity index (χ1v) is 6.05. The van der Waals surface area contributed by atoms with Gasteiger partial charge in [0.15, 0.2) is 0 Å². The summed E-state index contributed by atoms with van der Waals surface area (Å²) in [7, 11) is 0. The number of thioether (sulfide) groups is 1. The monoisotopic (exact) mass is 223 g/mol. The fourth-order valence-corrected chi connectivity index (χ4v) is 2.30. The summed E-state index contributed by atoms with van der Waals surface area (Å²) in [6.07, 6.45) is -0.205. The number of hydrogen-bond acceptors (Lipinski definition) is 3. The van der Waals surface area contributed by atoms with Crippen LogP contribution < -0.4 is 0 Å². The molecule has 0 N–H and O–H groups in total. The van der Waals surface area contributed by atoms with Gasteiger partial charge in [0.05, 0.1) is 5.88 Å². The molecule has 4 heteroatoms. The molecule has 1 saturated heterocycles. The topological polar surface area (TPSA) is 29.5 Å². The van der Waals surface area contributed by atoms with Crippen LogP contribution >= 0.6 is 11.8 Å². The first-order chi connectivity index (χ1) is 7.36. The van der Waals surface area contributed by atoms with Crippen LogP contribution in [0.15, 0.2) is 30.3 Å². The van der Waals surface area contributed by atoms with Crippen LogP contribution in [0.25, 0.3) is 0 Å². The summed E-state index contributed by atoms with van der Waals surface area (Å²) in [5.41, 5.74) is 1.03. The third-order valence-electron chi connectivity index (χ3n) is 2.22. The zero-order chi connectivity index (χ0) is 10.5. The summed E-state index contributed by atoms with van der Waals surface area (Å²) in [6, 6.07) is 9.73. The van der Waals surface area contributed by atoms with E-state index >= 15 is 0 Å². The summed E-state index contributed by atoms with van der Waals surface area (Å²) in [4.78, 5) is 13.2. The lowest BCUT2D eigenvalue weighted by atomic mass is 10.2. The Hall–Kier alpha value is -1.16. The molecule has 80 valence electrons. The lowest BCUT2D eigenvalue weighted by Gasteiger charge is -2.14. The highest BCUT2D eigenvalue weighted by Gasteiger charge is 2.19. The summed E-state index contributed by atoms with van der Waals surface area (Å²) in [6.45, 7) is 1.17. The molecule has 2 rings (SSSR count). The van der Waals surface area contributed by atoms with Gasteiger partial charge in [-0.1, -0.05) is 30.3 Å². The molecule has 1 fully saturated rings. The van der Waals surface area contributed by atoms with Crippen molar-refractivity contribution in [3.8, 4) is 0 Å². The van der Waals surface area contributed by atoms with E-state index in [-0.39, 0.29) is 6.09 Å². The molecule has 1 heterocycles. The van der Waals surface area contributed by atoms with Crippen LogP contribution in [0.3, 0.4) is 0 Å². The van der Waals surface area contributed by atoms with Gasteiger partial charge in [0.2, 0.25) is 0 Å². The van der Waals surface area contributed by atoms with E-state index in [0.29, 0.717) is 6.61 Å². The molecule has 1 aliphatic rings. The molecular formula is C11H13NO2S. The fourth-order valence-electron chi connectivity index (χ4n) is 1.37. The molecule has 15 heavy (non-hydrogen) atoms. The Balaban J connectivity index is 1.80. The van der Waals surface area contributed by atoms with Gasteiger partial charge < -0.3 is 4.74 Å². The maximum absolute atomic E-state index is 11.5. The van der Waals surface area contributed by atoms with E-state index in [1.807, 2.05) is 30.3 Å². The molecule has 1 aromatic rings. The number of carbonyl (C=O) groups is 1. The number of benzene rings is 1. The second-order valence-corrected chi connectivity index (χ2v) is 4.42. The van der Waals surface area contributed by atoms with Crippen LogP contribution in [-0.4, -0.2) is 29.2 Å². The molecule has 0 radical (unpaired) electrons. The maximum Gasteiger partial charge on any atom is 0.410 e. The third kappa shape index (κ3) is 2.89. The Morgan fingerprint density at radius 1 is 1.40 bits per heavy atom. The number of carbonyl (C=O) groups excluding carboxylic acids is 1. The first kappa shape index (κ1) is 10.4. The average Bonchev–Trinajstić information content (AvgIpc) is 2.81. The molecule has 0 unspecified atom stereocenters. The van der Waals surface area contributed by atoms with Gasteiger partial charge in [-0.25, -0.2) is 4.79 Å². The van der Waals surface area contributed by atoms with E-state index < -0.39 is 0 Å². The standard InChI is InChI=1S/C11H13NO2S/c13-11(12-6-7-15-9-12)14-8-10-4-2-1-3-5-10/h1-5H,6-9H2. The Morgan fingerprint density at radius 2 is 2.20 bits per heavy atom. The van der Waals surface area contributed by atoms with Gasteiger partial charge in [0.1, 0.15) is 6.61 Å². The van der Waals surface area contributed by atoms with Crippen molar-refractivity contribution < 1.29 is 9.53 Å². The first-order valence-electron chi connectivity index (χ1n) is 4.89. The lowest BCUT2D eigenvalue weighted by molar-refractivity contribution is 0.106. The Bertz CT molecular complexity index is 323. The van der Waals surface area contributed by atoms with Gasteiger partial charge >= 0.3 is 6.09 Å². The summed E-state index contributed by atoms with van der Waals surface area (Å²) in [5, 5.41) is 0. The van der Waals surface area contributed by atoms with E-state index in [2.05, 4.69) is 0 Å². The Morgan fingerprint density at radius 3 is 2.87 bits per heavy atom. The molecule has 0 aliphatic carbocycles. The highest BCUT2D eigenvalue weighted by molar-refractivity contribution is 7.99. The summed E-state index contributed by atoms with van der Waals surface area (Å²) < 4.78 is 5.19. The van der Waals surface area contributed by atoms with E-state index in [4.69, 9.17) is 4.74 Å². The van der Waals surface area contributed by atoms with Crippen molar-refractivity contribution in [3.63, 3.8) is 0 Å². The van der Waals surface area contributed by atoms with Crippen LogP contribution in [-0.2, 0) is 11.3 Å². The molecule has 0 saturated carbocycles. The van der Waals surface area contributed by atoms with E-state index in [1.165, 1.54) is 0 Å². The fraction of sp³-hybridized carbons (Fsp3) is 0.364. The van der Waals surface area contributed by atoms with Crippen molar-refractivity contribution in [2.45, 2.75) is 6.61 Å². The second-order valence-electron chi connectivity index (χ2n) is 3.34. The van der Waals surface area contributed by atoms with E-state index in [0.717, 1.165) is 23.7 Å². The lowest BCUT2D eigenvalue weighted by Crippen LogP contribution is -2.28. The van der Waals surface area contributed by atoms with Gasteiger partial charge in [-0.15, -0.1) is 11.8 Å². The third-order valence-corrected chi connectivity index (χ3v) is 3.18. The zero-order valence-electron chi connectivity index (χ0n) is 8.39. The minimum Gasteiger partial charge on any atom is -0.445 e. The van der Waals surface area contributed by atoms with Crippen LogP contribution in [0.2, 0.25) is 0 Å². The number of hydrogen-bond donors (Lipinski definition) is 0. The molecule has 1 amide bonds. The molecule has 0 atom stereocenters. The Kier molecular flexibility index (Phi) is 3.50. The largest absolute Gasteiger partial charge is 0.445 e. The van der Waals surface area contributed by atoms with Crippen molar-refractivity contribution in [2.24, 2.45) is 0 Å². The van der Waals surface area contributed by atoms with Gasteiger partial charge in [-0.2, -0.15) is 0 Å². The van der Waals surface area contributed by atoms with Crippen molar-refractivity contribution in [2.75, 3.05) is 18.2 Å². The average molecular weight is 223 g/mol. The summed E-state index contributed by atoms with van der Waals surface area (Å²) in [5.74, 6) is 1.77. The van der Waals surface area contributed by atoms with Crippen molar-refractivity contribution in [1.29, 1.82) is 0 Å². The Labute approximate surface area is 93.4 Å². The van der Waals surface area contributed by atoms with Gasteiger partial charge in [-0.3, -0.25) is 4.90 Å². The predicted octanol–water partition coefficient (Wildman–Crippen LogP) is 2.33. The van der Waals surface area contributed by atoms with E-state index in [9.17, 15) is 4.79 Å². The molecule has 3 nitrogen and oxygen atoms in total. The minimum atomic E-state index is -0.205. The van der Waals surface area contributed by atoms with Crippen molar-refractivity contribution >= 4 is 17.9 Å². The van der Waals surface area contributed by atoms with Crippen LogP contribution in [0, 0.1) is 0 Å². The number of ether oxygens (including phenoxy) is 1. The highest BCUT2D eigenvalue weighted by Crippen LogP contribution is 2.14. The minimum absolute atomic E-state index is 0.205. The zero-order valence-corrected chi connectivity index (χ0v) is 9.20. The number of rotatable bonds is 2. The molecule has 1 aromatic carbocycles. The molecule has 0 bridgehead atoms. The molecule has 1 aliphatic heterocycles. The molecule has 0 aromatic heterocycles. The van der Waals surface area contributed by atoms with Crippen molar-refractivity contribution in [3.05, 3.63) is 35.9 Å². The van der Waals surface area contributed by atoms with Crippen LogP contribution in [0.5, 0.6) is 0 Å². The number of amides is 1. The van der Waals surface area contributed by atoms with Crippen LogP contribution in [0.4, 0.5) is 4.79 Å². The predicted molar refractivity (Wildman–Crippen MR) is 60.7 cm³/mol. The summed E-state index contributed by atoms with van der Waals surface area (Å²) >= 11 is 1.76. The smallest absolute Gasteiger partial charge is 0.410 e. The number of nitrogens with zero attached hydrogens (tertiary/aromatic N) is 1. The van der Waals surface area contributed by atoms with Gasteiger partial charge in [-0.05, 0) is 5.56 Å². The second kappa shape index (κ2) is 5.07.